The zero-order chi connectivity index (χ0) is 22.5. The van der Waals surface area contributed by atoms with Crippen molar-refractivity contribution in [3.63, 3.8) is 0 Å². The number of Topliss-reactive ketones (excluding diaryl/α,β-unsaturated/α-hetero) is 1. The molecule has 0 bridgehead atoms. The molecule has 2 aliphatic rings. The highest BCUT2D eigenvalue weighted by atomic mass is 35.5. The van der Waals surface area contributed by atoms with Gasteiger partial charge in [0, 0.05) is 27.6 Å². The minimum Gasteiger partial charge on any atom is -0.461 e. The second kappa shape index (κ2) is 7.91. The smallest absolute Gasteiger partial charge is 0.251 e. The zero-order valence-electron chi connectivity index (χ0n) is 17.4. The predicted molar refractivity (Wildman–Crippen MR) is 131 cm³/mol. The Morgan fingerprint density at radius 2 is 1.64 bits per heavy atom. The van der Waals surface area contributed by atoms with Crippen LogP contribution in [-0.4, -0.2) is 22.7 Å². The maximum atomic E-state index is 13.4. The van der Waals surface area contributed by atoms with Crippen molar-refractivity contribution in [2.45, 2.75) is 18.7 Å². The van der Waals surface area contributed by atoms with Crippen molar-refractivity contribution >= 4 is 45.5 Å². The first-order valence-corrected chi connectivity index (χ1v) is 11.4. The Labute approximate surface area is 201 Å². The van der Waals surface area contributed by atoms with Crippen LogP contribution in [0.5, 0.6) is 5.75 Å². The van der Waals surface area contributed by atoms with Gasteiger partial charge in [-0.3, -0.25) is 4.79 Å². The Balaban J connectivity index is 1.43. The summed E-state index contributed by atoms with van der Waals surface area (Å²) >= 11 is 12.3. The highest BCUT2D eigenvalue weighted by molar-refractivity contribution is 6.31. The Hall–Kier alpha value is -3.34. The molecule has 0 amide bonds. The molecule has 0 N–H and O–H groups in total. The largest absolute Gasteiger partial charge is 0.461 e. The lowest BCUT2D eigenvalue weighted by atomic mass is 9.95. The fraction of sp³-hybridized carbons (Fsp3) is 0.111. The molecule has 0 saturated carbocycles. The Morgan fingerprint density at radius 3 is 2.45 bits per heavy atom. The van der Waals surface area contributed by atoms with E-state index in [1.807, 2.05) is 24.3 Å². The highest BCUT2D eigenvalue weighted by Gasteiger charge is 2.43. The molecule has 0 unspecified atom stereocenters. The van der Waals surface area contributed by atoms with Crippen LogP contribution in [-0.2, 0) is 0 Å². The first kappa shape index (κ1) is 20.3. The first-order valence-electron chi connectivity index (χ1n) is 10.7. The van der Waals surface area contributed by atoms with E-state index in [4.69, 9.17) is 33.0 Å². The molecule has 0 saturated heterocycles. The van der Waals surface area contributed by atoms with Crippen molar-refractivity contribution in [3.05, 3.63) is 112 Å². The quantitative estimate of drug-likeness (QED) is 0.304. The summed E-state index contributed by atoms with van der Waals surface area (Å²) < 4.78 is 6.18. The molecule has 4 aromatic rings. The van der Waals surface area contributed by atoms with E-state index in [9.17, 15) is 4.79 Å². The van der Waals surface area contributed by atoms with Gasteiger partial charge in [0.1, 0.15) is 5.75 Å². The molecule has 2 heterocycles. The molecule has 0 radical (unpaired) electrons. The van der Waals surface area contributed by atoms with E-state index in [0.717, 1.165) is 22.2 Å². The van der Waals surface area contributed by atoms with Gasteiger partial charge in [-0.1, -0.05) is 59.6 Å². The summed E-state index contributed by atoms with van der Waals surface area (Å²) in [7, 11) is 0. The first-order chi connectivity index (χ1) is 16.1. The molecule has 6 rings (SSSR count). The topological polar surface area (TPSA) is 41.9 Å². The van der Waals surface area contributed by atoms with Crippen LogP contribution in [0.2, 0.25) is 10.0 Å². The lowest BCUT2D eigenvalue weighted by molar-refractivity contribution is -0.00455. The molecule has 0 spiro atoms. The van der Waals surface area contributed by atoms with E-state index in [2.05, 4.69) is 30.3 Å². The average Bonchev–Trinajstić information content (AvgIpc) is 3.29. The number of nitrogens with zero attached hydrogens (tertiary/aromatic N) is 2. The van der Waals surface area contributed by atoms with Crippen molar-refractivity contribution in [1.82, 2.24) is 5.01 Å². The number of hydrogen-bond donors (Lipinski definition) is 0. The molecule has 4 aromatic carbocycles. The van der Waals surface area contributed by atoms with E-state index in [-0.39, 0.29) is 11.8 Å². The van der Waals surface area contributed by atoms with Crippen molar-refractivity contribution in [2.75, 3.05) is 0 Å². The highest BCUT2D eigenvalue weighted by Crippen LogP contribution is 2.44. The number of halogens is 2. The monoisotopic (exact) mass is 472 g/mol. The maximum absolute atomic E-state index is 13.4. The van der Waals surface area contributed by atoms with Crippen LogP contribution in [0.25, 0.3) is 10.8 Å². The molecule has 162 valence electrons. The van der Waals surface area contributed by atoms with Crippen LogP contribution < -0.4 is 4.74 Å². The molecule has 33 heavy (non-hydrogen) atoms. The maximum Gasteiger partial charge on any atom is 0.251 e. The van der Waals surface area contributed by atoms with E-state index in [1.165, 1.54) is 5.39 Å². The molecule has 2 aliphatic heterocycles. The Kier molecular flexibility index (Phi) is 4.86. The molecule has 0 aromatic heterocycles. The Bertz CT molecular complexity index is 1430. The molecule has 4 nitrogen and oxygen atoms in total. The predicted octanol–water partition coefficient (Wildman–Crippen LogP) is 6.90. The van der Waals surface area contributed by atoms with E-state index >= 15 is 0 Å². The van der Waals surface area contributed by atoms with Crippen molar-refractivity contribution < 1.29 is 9.53 Å². The molecular weight excluding hydrogens is 455 g/mol. The van der Waals surface area contributed by atoms with E-state index in [1.54, 1.807) is 35.3 Å². The summed E-state index contributed by atoms with van der Waals surface area (Å²) in [4.78, 5) is 13.4. The number of ether oxygens (including phenoxy) is 1. The average molecular weight is 473 g/mol. The van der Waals surface area contributed by atoms with Gasteiger partial charge in [-0.15, -0.1) is 0 Å². The number of carbonyl (C=O) groups is 1. The summed E-state index contributed by atoms with van der Waals surface area (Å²) in [5.41, 5.74) is 3.40. The van der Waals surface area contributed by atoms with Crippen molar-refractivity contribution in [3.8, 4) is 5.75 Å². The van der Waals surface area contributed by atoms with Gasteiger partial charge in [0.2, 0.25) is 5.78 Å². The second-order valence-electron chi connectivity index (χ2n) is 8.23. The van der Waals surface area contributed by atoms with Crippen LogP contribution in [0.4, 0.5) is 0 Å². The van der Waals surface area contributed by atoms with Crippen LogP contribution in [0, 0.1) is 0 Å². The number of hydrazone groups is 1. The van der Waals surface area contributed by atoms with Gasteiger partial charge in [-0.05, 0) is 64.9 Å². The third-order valence-corrected chi connectivity index (χ3v) is 6.67. The molecule has 0 fully saturated rings. The summed E-state index contributed by atoms with van der Waals surface area (Å²) in [5.74, 6) is 0.490. The summed E-state index contributed by atoms with van der Waals surface area (Å²) in [6, 6.07) is 26.7. The number of ketones is 1. The van der Waals surface area contributed by atoms with Crippen molar-refractivity contribution in [1.29, 1.82) is 0 Å². The zero-order valence-corrected chi connectivity index (χ0v) is 18.9. The summed E-state index contributed by atoms with van der Waals surface area (Å²) in [6.45, 7) is 0. The number of hydrogen-bond acceptors (Lipinski definition) is 4. The van der Waals surface area contributed by atoms with E-state index in [0.29, 0.717) is 27.8 Å². The standard InChI is InChI=1S/C27H18Cl2N2O2/c28-20-9-7-17(8-10-20)26(32)27-31-24(22-14-21(29)11-12-25(22)33-27)15-23(30-31)19-6-5-16-3-1-2-4-18(16)13-19/h1-14,24,27H,15H2/t24-,27-/m0/s1. The fourth-order valence-electron chi connectivity index (χ4n) is 4.53. The minimum absolute atomic E-state index is 0.143. The molecule has 0 aliphatic carbocycles. The number of benzene rings is 4. The van der Waals surface area contributed by atoms with Gasteiger partial charge < -0.3 is 4.74 Å². The van der Waals surface area contributed by atoms with Crippen LogP contribution in [0.3, 0.4) is 0 Å². The lowest BCUT2D eigenvalue weighted by Gasteiger charge is -2.37. The second-order valence-corrected chi connectivity index (χ2v) is 9.10. The molecule has 6 heteroatoms. The number of fused-ring (bicyclic) bond motifs is 4. The van der Waals surface area contributed by atoms with Crippen LogP contribution in [0.15, 0.2) is 90.0 Å². The van der Waals surface area contributed by atoms with Gasteiger partial charge in [0.15, 0.2) is 0 Å². The van der Waals surface area contributed by atoms with Gasteiger partial charge in [-0.25, -0.2) is 5.01 Å². The minimum atomic E-state index is -0.872. The van der Waals surface area contributed by atoms with Gasteiger partial charge in [0.25, 0.3) is 6.23 Å². The van der Waals surface area contributed by atoms with Crippen LogP contribution >= 0.6 is 23.2 Å². The van der Waals surface area contributed by atoms with E-state index < -0.39 is 6.23 Å². The van der Waals surface area contributed by atoms with Crippen LogP contribution in [0.1, 0.15) is 33.9 Å². The normalized spacial score (nSPS) is 19.0. The third kappa shape index (κ3) is 3.56. The van der Waals surface area contributed by atoms with Crippen molar-refractivity contribution in [2.24, 2.45) is 5.10 Å². The fourth-order valence-corrected chi connectivity index (χ4v) is 4.84. The molecule has 2 atom stereocenters. The van der Waals surface area contributed by atoms with Gasteiger partial charge in [-0.2, -0.15) is 5.10 Å². The molecular formula is C27H18Cl2N2O2. The number of carbonyl (C=O) groups excluding carboxylic acids is 1. The lowest BCUT2D eigenvalue weighted by Crippen LogP contribution is -2.45. The SMILES string of the molecule is O=C(c1ccc(Cl)cc1)[C@@H]1Oc2ccc(Cl)cc2[C@@H]2CC(c3ccc4ccccc4c3)=NN12. The summed E-state index contributed by atoms with van der Waals surface area (Å²) in [5, 5.41) is 10.2. The Morgan fingerprint density at radius 1 is 0.879 bits per heavy atom. The summed E-state index contributed by atoms with van der Waals surface area (Å²) in [6.07, 6.45) is -0.220. The van der Waals surface area contributed by atoms with Gasteiger partial charge >= 0.3 is 0 Å². The number of rotatable bonds is 3. The van der Waals surface area contributed by atoms with Gasteiger partial charge in [0.05, 0.1) is 11.8 Å². The third-order valence-electron chi connectivity index (χ3n) is 6.19.